The first-order valence-electron chi connectivity index (χ1n) is 7.01. The van der Waals surface area contributed by atoms with E-state index in [0.29, 0.717) is 16.3 Å². The van der Waals surface area contributed by atoms with E-state index in [0.717, 1.165) is 12.7 Å². The lowest BCUT2D eigenvalue weighted by Crippen LogP contribution is -2.14. The summed E-state index contributed by atoms with van der Waals surface area (Å²) in [5, 5.41) is 9.79. The van der Waals surface area contributed by atoms with E-state index in [-0.39, 0.29) is 21.3 Å². The number of hydrogen-bond acceptors (Lipinski definition) is 7. The van der Waals surface area contributed by atoms with Crippen molar-refractivity contribution in [2.24, 2.45) is 0 Å². The molecular weight excluding hydrogens is 374 g/mol. The van der Waals surface area contributed by atoms with Gasteiger partial charge in [-0.25, -0.2) is 13.0 Å². The van der Waals surface area contributed by atoms with Crippen LogP contribution in [0.4, 0.5) is 5.82 Å². The number of amides is 1. The van der Waals surface area contributed by atoms with Crippen molar-refractivity contribution in [1.29, 1.82) is 0 Å². The van der Waals surface area contributed by atoms with Crippen LogP contribution in [0, 0.1) is 6.92 Å². The Balaban J connectivity index is 2.44. The van der Waals surface area contributed by atoms with E-state index in [2.05, 4.69) is 20.3 Å². The molecule has 24 heavy (non-hydrogen) atoms. The molecule has 0 fully saturated rings. The minimum atomic E-state index is -3.46. The number of nitrogens with one attached hydrogen (secondary N) is 1. The average Bonchev–Trinajstić information content (AvgIpc) is 2.89. The molecule has 1 aromatic carbocycles. The molecule has 1 amide bonds. The summed E-state index contributed by atoms with van der Waals surface area (Å²) >= 11 is 7.63. The van der Waals surface area contributed by atoms with Crippen LogP contribution in [-0.4, -0.2) is 36.6 Å². The predicted octanol–water partition coefficient (Wildman–Crippen LogP) is 3.19. The third kappa shape index (κ3) is 4.08. The summed E-state index contributed by atoms with van der Waals surface area (Å²) in [4.78, 5) is 12.9. The number of aromatic nitrogens is 2. The molecule has 7 nitrogen and oxygen atoms in total. The summed E-state index contributed by atoms with van der Waals surface area (Å²) in [5.41, 5.74) is 0.581. The number of sulfone groups is 1. The van der Waals surface area contributed by atoms with Gasteiger partial charge in [-0.05, 0) is 36.4 Å². The topological polar surface area (TPSA) is 102 Å². The maximum atomic E-state index is 12.4. The fourth-order valence-electron chi connectivity index (χ4n) is 1.86. The van der Waals surface area contributed by atoms with Crippen LogP contribution in [0.25, 0.3) is 0 Å². The maximum absolute atomic E-state index is 12.4. The molecule has 2 rings (SSSR count). The van der Waals surface area contributed by atoms with Crippen molar-refractivity contribution in [3.63, 3.8) is 0 Å². The van der Waals surface area contributed by atoms with Gasteiger partial charge in [0.15, 0.2) is 9.84 Å². The summed E-state index contributed by atoms with van der Waals surface area (Å²) in [7, 11) is -3.46. The number of carbonyl (C=O) groups excluding carboxylic acids is 1. The molecular formula is C14H16ClN3O4S2. The minimum absolute atomic E-state index is 0.1000. The van der Waals surface area contributed by atoms with Gasteiger partial charge >= 0.3 is 0 Å². The van der Waals surface area contributed by atoms with Crippen LogP contribution < -0.4 is 5.32 Å². The first kappa shape index (κ1) is 18.8. The van der Waals surface area contributed by atoms with Gasteiger partial charge < -0.3 is 5.32 Å². The van der Waals surface area contributed by atoms with Gasteiger partial charge in [-0.15, -0.1) is 11.8 Å². The van der Waals surface area contributed by atoms with Crippen LogP contribution in [0.3, 0.4) is 0 Å². The molecule has 0 aliphatic heterocycles. The number of nitrogens with zero attached hydrogens (tertiary/aromatic N) is 2. The Hall–Kier alpha value is -1.58. The van der Waals surface area contributed by atoms with Crippen LogP contribution >= 0.6 is 23.4 Å². The van der Waals surface area contributed by atoms with E-state index in [1.54, 1.807) is 6.92 Å². The lowest BCUT2D eigenvalue weighted by Gasteiger charge is -2.13. The van der Waals surface area contributed by atoms with E-state index in [9.17, 15) is 13.2 Å². The van der Waals surface area contributed by atoms with E-state index < -0.39 is 15.7 Å². The van der Waals surface area contributed by atoms with Crippen molar-refractivity contribution in [2.75, 3.05) is 17.3 Å². The number of halogens is 1. The van der Waals surface area contributed by atoms with Crippen LogP contribution in [-0.2, 0) is 9.84 Å². The van der Waals surface area contributed by atoms with Gasteiger partial charge in [-0.2, -0.15) is 0 Å². The van der Waals surface area contributed by atoms with Crippen LogP contribution in [0.2, 0.25) is 5.02 Å². The molecule has 2 aromatic rings. The lowest BCUT2D eigenvalue weighted by atomic mass is 10.2. The number of benzene rings is 1. The van der Waals surface area contributed by atoms with E-state index in [1.165, 1.54) is 23.9 Å². The monoisotopic (exact) mass is 389 g/mol. The number of rotatable bonds is 6. The Morgan fingerprint density at radius 2 is 2.08 bits per heavy atom. The van der Waals surface area contributed by atoms with Crippen molar-refractivity contribution < 1.29 is 17.8 Å². The summed E-state index contributed by atoms with van der Waals surface area (Å²) in [6.07, 6.45) is 1.95. The smallest absolute Gasteiger partial charge is 0.258 e. The van der Waals surface area contributed by atoms with Crippen molar-refractivity contribution in [1.82, 2.24) is 10.3 Å². The Morgan fingerprint density at radius 3 is 2.62 bits per heavy atom. The zero-order chi connectivity index (χ0) is 17.9. The molecule has 10 heteroatoms. The van der Waals surface area contributed by atoms with Crippen LogP contribution in [0.1, 0.15) is 29.4 Å². The largest absolute Gasteiger partial charge is 0.302 e. The zero-order valence-corrected chi connectivity index (χ0v) is 15.7. The van der Waals surface area contributed by atoms with Gasteiger partial charge in [0.25, 0.3) is 5.91 Å². The SMILES string of the molecule is CCCSc1c(S(C)(=O)=O)ccc(C(=O)Nc2nonc2C)c1Cl. The van der Waals surface area contributed by atoms with Gasteiger partial charge in [0.1, 0.15) is 5.69 Å². The van der Waals surface area contributed by atoms with Crippen molar-refractivity contribution in [3.8, 4) is 0 Å². The Morgan fingerprint density at radius 1 is 1.38 bits per heavy atom. The first-order valence-corrected chi connectivity index (χ1v) is 10.3. The molecule has 0 aliphatic rings. The highest BCUT2D eigenvalue weighted by molar-refractivity contribution is 8.00. The van der Waals surface area contributed by atoms with Crippen molar-refractivity contribution >= 4 is 44.9 Å². The van der Waals surface area contributed by atoms with Gasteiger partial charge in [0.05, 0.1) is 15.5 Å². The summed E-state index contributed by atoms with van der Waals surface area (Å²) in [6.45, 7) is 3.60. The summed E-state index contributed by atoms with van der Waals surface area (Å²) in [6, 6.07) is 2.77. The molecule has 0 aliphatic carbocycles. The second-order valence-electron chi connectivity index (χ2n) is 5.03. The standard InChI is InChI=1S/C14H16ClN3O4S2/c1-4-7-23-12-10(24(3,20)21)6-5-9(11(12)15)14(19)16-13-8(2)17-22-18-13/h5-6H,4,7H2,1-3H3,(H,16,18,19). The fraction of sp³-hybridized carbons (Fsp3) is 0.357. The molecule has 0 saturated carbocycles. The predicted molar refractivity (Wildman–Crippen MR) is 92.6 cm³/mol. The molecule has 1 aromatic heterocycles. The fourth-order valence-corrected chi connectivity index (χ4v) is 4.57. The molecule has 0 spiro atoms. The number of carbonyl (C=O) groups is 1. The quantitative estimate of drug-likeness (QED) is 0.756. The zero-order valence-electron chi connectivity index (χ0n) is 13.3. The van der Waals surface area contributed by atoms with Crippen LogP contribution in [0.15, 0.2) is 26.6 Å². The molecule has 1 N–H and O–H groups in total. The molecule has 0 saturated heterocycles. The molecule has 0 bridgehead atoms. The van der Waals surface area contributed by atoms with Gasteiger partial charge in [0, 0.05) is 11.2 Å². The lowest BCUT2D eigenvalue weighted by molar-refractivity contribution is 0.102. The number of aryl methyl sites for hydroxylation is 1. The maximum Gasteiger partial charge on any atom is 0.258 e. The normalized spacial score (nSPS) is 11.5. The number of anilines is 1. The molecule has 0 radical (unpaired) electrons. The molecule has 130 valence electrons. The molecule has 0 atom stereocenters. The van der Waals surface area contributed by atoms with E-state index >= 15 is 0 Å². The van der Waals surface area contributed by atoms with Crippen molar-refractivity contribution in [3.05, 3.63) is 28.4 Å². The highest BCUT2D eigenvalue weighted by Crippen LogP contribution is 2.36. The van der Waals surface area contributed by atoms with Gasteiger partial charge in [0.2, 0.25) is 5.82 Å². The number of thioether (sulfide) groups is 1. The van der Waals surface area contributed by atoms with Gasteiger partial charge in [-0.1, -0.05) is 23.7 Å². The summed E-state index contributed by atoms with van der Waals surface area (Å²) in [5.74, 6) is 0.350. The average molecular weight is 390 g/mol. The van der Waals surface area contributed by atoms with Gasteiger partial charge in [-0.3, -0.25) is 4.79 Å². The third-order valence-corrected chi connectivity index (χ3v) is 6.14. The van der Waals surface area contributed by atoms with Crippen molar-refractivity contribution in [2.45, 2.75) is 30.1 Å². The highest BCUT2D eigenvalue weighted by Gasteiger charge is 2.23. The second-order valence-corrected chi connectivity index (χ2v) is 8.49. The molecule has 0 unspecified atom stereocenters. The van der Waals surface area contributed by atoms with Crippen LogP contribution in [0.5, 0.6) is 0 Å². The van der Waals surface area contributed by atoms with E-state index in [4.69, 9.17) is 11.6 Å². The highest BCUT2D eigenvalue weighted by atomic mass is 35.5. The second kappa shape index (κ2) is 7.54. The Labute approximate surface area is 149 Å². The molecule has 1 heterocycles. The first-order chi connectivity index (χ1) is 11.3. The summed E-state index contributed by atoms with van der Waals surface area (Å²) < 4.78 is 28.4. The Bertz CT molecular complexity index is 865. The minimum Gasteiger partial charge on any atom is -0.302 e. The van der Waals surface area contributed by atoms with E-state index in [1.807, 2.05) is 6.92 Å². The Kier molecular flexibility index (Phi) is 5.89. The number of hydrogen-bond donors (Lipinski definition) is 1. The third-order valence-electron chi connectivity index (χ3n) is 3.04.